The second-order valence-electron chi connectivity index (χ2n) is 4.31. The molecule has 0 radical (unpaired) electrons. The average molecular weight is 210 g/mol. The normalized spacial score (nSPS) is 11.3. The quantitative estimate of drug-likeness (QED) is 0.797. The maximum absolute atomic E-state index is 12.0. The maximum atomic E-state index is 12.0. The molecule has 0 fully saturated rings. The topological polar surface area (TPSA) is 37.8 Å². The predicted octanol–water partition coefficient (Wildman–Crippen LogP) is 2.66. The lowest BCUT2D eigenvalue weighted by molar-refractivity contribution is 0.618. The lowest BCUT2D eigenvalue weighted by Gasteiger charge is -2.04. The van der Waals surface area contributed by atoms with Crippen molar-refractivity contribution in [2.75, 3.05) is 0 Å². The Morgan fingerprint density at radius 1 is 1.33 bits per heavy atom. The van der Waals surface area contributed by atoms with Gasteiger partial charge in [-0.1, -0.05) is 27.2 Å². The van der Waals surface area contributed by atoms with E-state index in [0.717, 1.165) is 37.1 Å². The summed E-state index contributed by atoms with van der Waals surface area (Å²) in [6, 6.07) is 0. The third kappa shape index (κ3) is 2.52. The van der Waals surface area contributed by atoms with Crippen LogP contribution in [0.3, 0.4) is 0 Å². The van der Waals surface area contributed by atoms with Gasteiger partial charge in [-0.25, -0.2) is 0 Å². The van der Waals surface area contributed by atoms with Crippen LogP contribution in [0.25, 0.3) is 0 Å². The minimum absolute atomic E-state index is 0.176. The molecule has 0 amide bonds. The van der Waals surface area contributed by atoms with Crippen LogP contribution in [-0.2, 0) is 13.0 Å². The molecule has 0 bridgehead atoms. The minimum Gasteiger partial charge on any atom is -0.299 e. The third-order valence-corrected chi connectivity index (χ3v) is 2.76. The van der Waals surface area contributed by atoms with Gasteiger partial charge < -0.3 is 0 Å². The van der Waals surface area contributed by atoms with Crippen LogP contribution in [0.15, 0.2) is 4.79 Å². The number of H-pyrrole nitrogens is 1. The fourth-order valence-electron chi connectivity index (χ4n) is 1.84. The molecule has 0 unspecified atom stereocenters. The van der Waals surface area contributed by atoms with Crippen LogP contribution >= 0.6 is 0 Å². The number of unbranched alkanes of at least 4 members (excludes halogenated alkanes) is 1. The average Bonchev–Trinajstić information content (AvgIpc) is 2.52. The Hall–Kier alpha value is -0.990. The number of nitrogens with zero attached hydrogens (tertiary/aromatic N) is 1. The van der Waals surface area contributed by atoms with Crippen LogP contribution in [0.2, 0.25) is 0 Å². The Kier molecular flexibility index (Phi) is 4.18. The predicted molar refractivity (Wildman–Crippen MR) is 63.4 cm³/mol. The fourth-order valence-corrected chi connectivity index (χ4v) is 1.84. The van der Waals surface area contributed by atoms with Crippen LogP contribution in [0, 0.1) is 0 Å². The van der Waals surface area contributed by atoms with Gasteiger partial charge >= 0.3 is 0 Å². The Morgan fingerprint density at radius 3 is 2.47 bits per heavy atom. The molecule has 1 N–H and O–H groups in total. The summed E-state index contributed by atoms with van der Waals surface area (Å²) in [7, 11) is 0. The summed E-state index contributed by atoms with van der Waals surface area (Å²) in [5.74, 6) is 0.400. The molecular weight excluding hydrogens is 188 g/mol. The number of aromatic nitrogens is 2. The zero-order chi connectivity index (χ0) is 11.4. The highest BCUT2D eigenvalue weighted by Crippen LogP contribution is 2.16. The molecule has 86 valence electrons. The summed E-state index contributed by atoms with van der Waals surface area (Å²) in [4.78, 5) is 12.0. The highest BCUT2D eigenvalue weighted by molar-refractivity contribution is 5.20. The van der Waals surface area contributed by atoms with E-state index in [9.17, 15) is 4.79 Å². The molecule has 3 heteroatoms. The van der Waals surface area contributed by atoms with E-state index in [1.54, 1.807) is 4.68 Å². The van der Waals surface area contributed by atoms with Crippen molar-refractivity contribution >= 4 is 0 Å². The smallest absolute Gasteiger partial charge is 0.269 e. The number of rotatable bonds is 5. The van der Waals surface area contributed by atoms with Crippen LogP contribution in [0.5, 0.6) is 0 Å². The van der Waals surface area contributed by atoms with E-state index in [-0.39, 0.29) is 5.56 Å². The molecule has 1 rings (SSSR count). The third-order valence-electron chi connectivity index (χ3n) is 2.76. The van der Waals surface area contributed by atoms with Crippen LogP contribution < -0.4 is 5.56 Å². The van der Waals surface area contributed by atoms with E-state index in [1.165, 1.54) is 0 Å². The van der Waals surface area contributed by atoms with Crippen molar-refractivity contribution in [2.24, 2.45) is 0 Å². The van der Waals surface area contributed by atoms with E-state index in [0.29, 0.717) is 5.92 Å². The molecule has 0 atom stereocenters. The monoisotopic (exact) mass is 210 g/mol. The molecule has 0 spiro atoms. The fraction of sp³-hybridized carbons (Fsp3) is 0.750. The van der Waals surface area contributed by atoms with Crippen molar-refractivity contribution in [1.82, 2.24) is 9.78 Å². The van der Waals surface area contributed by atoms with Crippen LogP contribution in [0.1, 0.15) is 57.7 Å². The minimum atomic E-state index is 0.176. The summed E-state index contributed by atoms with van der Waals surface area (Å²) in [5, 5.41) is 3.21. The van der Waals surface area contributed by atoms with Crippen molar-refractivity contribution in [3.8, 4) is 0 Å². The largest absolute Gasteiger partial charge is 0.299 e. The van der Waals surface area contributed by atoms with Gasteiger partial charge in [-0.15, -0.1) is 0 Å². The molecule has 0 aliphatic heterocycles. The van der Waals surface area contributed by atoms with Gasteiger partial charge in [-0.2, -0.15) is 0 Å². The van der Waals surface area contributed by atoms with Gasteiger partial charge in [0.05, 0.1) is 0 Å². The number of hydrogen-bond donors (Lipinski definition) is 1. The molecule has 0 aromatic carbocycles. The summed E-state index contributed by atoms with van der Waals surface area (Å²) < 4.78 is 1.71. The molecule has 0 saturated heterocycles. The molecule has 1 aromatic heterocycles. The van der Waals surface area contributed by atoms with Gasteiger partial charge in [0, 0.05) is 17.8 Å². The summed E-state index contributed by atoms with van der Waals surface area (Å²) in [6.45, 7) is 9.12. The highest BCUT2D eigenvalue weighted by atomic mass is 16.1. The number of nitrogens with one attached hydrogen (secondary N) is 1. The first-order valence-corrected chi connectivity index (χ1v) is 5.93. The molecule has 0 aliphatic carbocycles. The highest BCUT2D eigenvalue weighted by Gasteiger charge is 2.14. The SMILES string of the molecule is CCCCc1c(C(C)C)[nH]n(CC)c1=O. The van der Waals surface area contributed by atoms with Gasteiger partial charge in [0.2, 0.25) is 0 Å². The summed E-state index contributed by atoms with van der Waals surface area (Å²) in [6.07, 6.45) is 3.14. The summed E-state index contributed by atoms with van der Waals surface area (Å²) in [5.41, 5.74) is 2.29. The van der Waals surface area contributed by atoms with Crippen LogP contribution in [0.4, 0.5) is 0 Å². The lowest BCUT2D eigenvalue weighted by Crippen LogP contribution is -2.17. The van der Waals surface area contributed by atoms with Gasteiger partial charge in [0.15, 0.2) is 0 Å². The van der Waals surface area contributed by atoms with Gasteiger partial charge in [-0.3, -0.25) is 14.6 Å². The number of aryl methyl sites for hydroxylation is 1. The van der Waals surface area contributed by atoms with Crippen molar-refractivity contribution in [1.29, 1.82) is 0 Å². The Morgan fingerprint density at radius 2 is 2.00 bits per heavy atom. The van der Waals surface area contributed by atoms with E-state index in [2.05, 4.69) is 25.9 Å². The lowest BCUT2D eigenvalue weighted by atomic mass is 10.0. The molecule has 1 heterocycles. The number of hydrogen-bond acceptors (Lipinski definition) is 1. The zero-order valence-electron chi connectivity index (χ0n) is 10.3. The molecule has 0 saturated carbocycles. The van der Waals surface area contributed by atoms with Gasteiger partial charge in [0.1, 0.15) is 0 Å². The second-order valence-corrected chi connectivity index (χ2v) is 4.31. The molecule has 15 heavy (non-hydrogen) atoms. The van der Waals surface area contributed by atoms with E-state index in [1.807, 2.05) is 6.92 Å². The van der Waals surface area contributed by atoms with Crippen LogP contribution in [-0.4, -0.2) is 9.78 Å². The van der Waals surface area contributed by atoms with E-state index >= 15 is 0 Å². The maximum Gasteiger partial charge on any atom is 0.269 e. The Labute approximate surface area is 91.5 Å². The van der Waals surface area contributed by atoms with Gasteiger partial charge in [0.25, 0.3) is 5.56 Å². The summed E-state index contributed by atoms with van der Waals surface area (Å²) >= 11 is 0. The standard InChI is InChI=1S/C12H22N2O/c1-5-7-8-10-11(9(3)4)13-14(6-2)12(10)15/h9,13H,5-8H2,1-4H3. The Balaban J connectivity index is 3.08. The van der Waals surface area contributed by atoms with E-state index < -0.39 is 0 Å². The van der Waals surface area contributed by atoms with Gasteiger partial charge in [-0.05, 0) is 25.7 Å². The molecule has 3 nitrogen and oxygen atoms in total. The number of aromatic amines is 1. The Bertz CT molecular complexity index is 360. The molecule has 0 aliphatic rings. The first kappa shape index (κ1) is 12.1. The molecular formula is C12H22N2O. The van der Waals surface area contributed by atoms with Crippen molar-refractivity contribution in [2.45, 2.75) is 59.4 Å². The van der Waals surface area contributed by atoms with Crippen molar-refractivity contribution in [3.05, 3.63) is 21.6 Å². The second kappa shape index (κ2) is 5.19. The van der Waals surface area contributed by atoms with E-state index in [4.69, 9.17) is 0 Å². The zero-order valence-corrected chi connectivity index (χ0v) is 10.3. The van der Waals surface area contributed by atoms with Crippen molar-refractivity contribution in [3.63, 3.8) is 0 Å². The van der Waals surface area contributed by atoms with Crippen molar-refractivity contribution < 1.29 is 0 Å². The first-order valence-electron chi connectivity index (χ1n) is 5.93. The first-order chi connectivity index (χ1) is 7.11. The molecule has 1 aromatic rings.